The summed E-state index contributed by atoms with van der Waals surface area (Å²) in [7, 11) is 0. The Balaban J connectivity index is 1.62. The lowest BCUT2D eigenvalue weighted by molar-refractivity contribution is 0.0982. The van der Waals surface area contributed by atoms with Gasteiger partial charge in [-0.15, -0.1) is 0 Å². The highest BCUT2D eigenvalue weighted by Crippen LogP contribution is 2.20. The van der Waals surface area contributed by atoms with Crippen molar-refractivity contribution in [1.29, 1.82) is 0 Å². The van der Waals surface area contributed by atoms with Crippen LogP contribution < -0.4 is 4.87 Å². The summed E-state index contributed by atoms with van der Waals surface area (Å²) in [6, 6.07) is 12.9. The summed E-state index contributed by atoms with van der Waals surface area (Å²) in [5.41, 5.74) is 2.49. The molecule has 0 radical (unpaired) electrons. The van der Waals surface area contributed by atoms with Crippen LogP contribution in [0.4, 0.5) is 0 Å². The molecule has 0 spiro atoms. The molecule has 0 bridgehead atoms. The third-order valence-corrected chi connectivity index (χ3v) is 4.55. The number of ketones is 1. The van der Waals surface area contributed by atoms with Gasteiger partial charge in [0.25, 0.3) is 0 Å². The minimum Gasteiger partial charge on any atom is -0.494 e. The highest BCUT2D eigenvalue weighted by Gasteiger charge is 2.10. The van der Waals surface area contributed by atoms with Crippen LogP contribution in [0.25, 0.3) is 0 Å². The van der Waals surface area contributed by atoms with Crippen LogP contribution >= 0.6 is 11.3 Å². The smallest absolute Gasteiger partial charge is 0.307 e. The van der Waals surface area contributed by atoms with Crippen LogP contribution in [0, 0.1) is 0 Å². The van der Waals surface area contributed by atoms with E-state index in [9.17, 15) is 14.7 Å². The van der Waals surface area contributed by atoms with Gasteiger partial charge in [-0.3, -0.25) is 19.6 Å². The maximum absolute atomic E-state index is 12.2. The number of aryl methyl sites for hydroxylation is 1. The van der Waals surface area contributed by atoms with Crippen molar-refractivity contribution in [1.82, 2.24) is 9.97 Å². The molecule has 0 atom stereocenters. The number of aromatic hydroxyl groups is 1. The van der Waals surface area contributed by atoms with Crippen molar-refractivity contribution in [3.05, 3.63) is 80.0 Å². The molecule has 0 amide bonds. The van der Waals surface area contributed by atoms with Gasteiger partial charge < -0.3 is 5.11 Å². The number of nitrogens with zero attached hydrogens (tertiary/aromatic N) is 1. The zero-order chi connectivity index (χ0) is 16.9. The Morgan fingerprint density at radius 3 is 2.58 bits per heavy atom. The number of aromatic nitrogens is 2. The van der Waals surface area contributed by atoms with Gasteiger partial charge in [0.05, 0.1) is 4.88 Å². The van der Waals surface area contributed by atoms with Crippen LogP contribution in [0.2, 0.25) is 0 Å². The first-order valence-corrected chi connectivity index (χ1v) is 8.36. The first-order chi connectivity index (χ1) is 11.6. The van der Waals surface area contributed by atoms with Crippen LogP contribution in [0.5, 0.6) is 5.88 Å². The number of aromatic amines is 1. The molecule has 24 heavy (non-hydrogen) atoms. The first-order valence-electron chi connectivity index (χ1n) is 7.55. The fourth-order valence-electron chi connectivity index (χ4n) is 2.40. The fraction of sp³-hybridized carbons (Fsp3) is 0.167. The van der Waals surface area contributed by atoms with Gasteiger partial charge in [-0.2, -0.15) is 0 Å². The number of rotatable bonds is 6. The molecular weight excluding hydrogens is 324 g/mol. The number of hydrogen-bond donors (Lipinski definition) is 2. The Bertz CT molecular complexity index is 883. The third kappa shape index (κ3) is 3.97. The Labute approximate surface area is 142 Å². The van der Waals surface area contributed by atoms with E-state index < -0.39 is 0 Å². The van der Waals surface area contributed by atoms with Crippen molar-refractivity contribution >= 4 is 17.1 Å². The van der Waals surface area contributed by atoms with E-state index in [4.69, 9.17) is 0 Å². The van der Waals surface area contributed by atoms with Crippen molar-refractivity contribution in [3.63, 3.8) is 0 Å². The molecule has 5 nitrogen and oxygen atoms in total. The fourth-order valence-corrected chi connectivity index (χ4v) is 3.16. The van der Waals surface area contributed by atoms with Crippen molar-refractivity contribution in [2.45, 2.75) is 19.3 Å². The maximum atomic E-state index is 12.2. The van der Waals surface area contributed by atoms with E-state index in [2.05, 4.69) is 9.97 Å². The maximum Gasteiger partial charge on any atom is 0.307 e. The monoisotopic (exact) mass is 340 g/mol. The number of thiazole rings is 1. The van der Waals surface area contributed by atoms with Gasteiger partial charge in [-0.05, 0) is 24.1 Å². The highest BCUT2D eigenvalue weighted by molar-refractivity contribution is 7.09. The SMILES string of the molecule is O=C(CCc1ccccn1)c1ccc(Cc2sc(=O)[nH]c2O)cc1. The van der Waals surface area contributed by atoms with Crippen LogP contribution in [-0.4, -0.2) is 20.9 Å². The van der Waals surface area contributed by atoms with Gasteiger partial charge >= 0.3 is 4.87 Å². The second kappa shape index (κ2) is 7.23. The Kier molecular flexibility index (Phi) is 4.86. The molecule has 0 aliphatic carbocycles. The lowest BCUT2D eigenvalue weighted by Gasteiger charge is -2.04. The number of Topliss-reactive ketones (excluding diaryl/α,β-unsaturated/α-hetero) is 1. The number of H-pyrrole nitrogens is 1. The van der Waals surface area contributed by atoms with Crippen LogP contribution in [0.3, 0.4) is 0 Å². The van der Waals surface area contributed by atoms with Crippen molar-refractivity contribution < 1.29 is 9.90 Å². The molecule has 0 saturated carbocycles. The van der Waals surface area contributed by atoms with Crippen molar-refractivity contribution in [3.8, 4) is 5.88 Å². The lowest BCUT2D eigenvalue weighted by atomic mass is 10.0. The van der Waals surface area contributed by atoms with Crippen molar-refractivity contribution in [2.75, 3.05) is 0 Å². The number of nitrogens with one attached hydrogen (secondary N) is 1. The molecule has 0 aliphatic rings. The van der Waals surface area contributed by atoms with E-state index >= 15 is 0 Å². The number of pyridine rings is 1. The summed E-state index contributed by atoms with van der Waals surface area (Å²) in [5.74, 6) is -0.0122. The number of benzene rings is 1. The third-order valence-electron chi connectivity index (χ3n) is 3.68. The quantitative estimate of drug-likeness (QED) is 0.676. The predicted octanol–water partition coefficient (Wildman–Crippen LogP) is 2.94. The number of carbonyl (C=O) groups is 1. The molecule has 0 fully saturated rings. The summed E-state index contributed by atoms with van der Waals surface area (Å²) >= 11 is 0.990. The molecule has 3 aromatic rings. The summed E-state index contributed by atoms with van der Waals surface area (Å²) < 4.78 is 0. The van der Waals surface area contributed by atoms with E-state index in [1.165, 1.54) is 0 Å². The molecule has 3 rings (SSSR count). The molecule has 122 valence electrons. The van der Waals surface area contributed by atoms with E-state index in [1.807, 2.05) is 30.3 Å². The Morgan fingerprint density at radius 2 is 1.96 bits per heavy atom. The van der Waals surface area contributed by atoms with Crippen LogP contribution in [0.15, 0.2) is 53.5 Å². The summed E-state index contributed by atoms with van der Waals surface area (Å²) in [6.07, 6.45) is 3.21. The molecule has 0 saturated heterocycles. The van der Waals surface area contributed by atoms with Crippen LogP contribution in [0.1, 0.15) is 32.9 Å². The minimum atomic E-state index is -0.274. The standard InChI is InChI=1S/C18H16N2O3S/c21-15(9-8-14-3-1-2-10-19-14)13-6-4-12(5-7-13)11-16-17(22)20-18(23)24-16/h1-7,10,22H,8-9,11H2,(H,20,23). The Hall–Kier alpha value is -2.73. The van der Waals surface area contributed by atoms with Gasteiger partial charge in [0, 0.05) is 30.3 Å². The van der Waals surface area contributed by atoms with E-state index in [0.717, 1.165) is 22.6 Å². The normalized spacial score (nSPS) is 10.7. The number of hydrogen-bond acceptors (Lipinski definition) is 5. The van der Waals surface area contributed by atoms with E-state index in [-0.39, 0.29) is 16.5 Å². The highest BCUT2D eigenvalue weighted by atomic mass is 32.1. The van der Waals surface area contributed by atoms with Gasteiger partial charge in [0.1, 0.15) is 0 Å². The first kappa shape index (κ1) is 16.1. The summed E-state index contributed by atoms with van der Waals surface area (Å²) in [6.45, 7) is 0. The summed E-state index contributed by atoms with van der Waals surface area (Å²) in [5, 5.41) is 9.61. The zero-order valence-corrected chi connectivity index (χ0v) is 13.7. The van der Waals surface area contributed by atoms with Gasteiger partial charge in [0.2, 0.25) is 5.88 Å². The zero-order valence-electron chi connectivity index (χ0n) is 12.9. The van der Waals surface area contributed by atoms with Gasteiger partial charge in [-0.1, -0.05) is 41.7 Å². The van der Waals surface area contributed by atoms with Gasteiger partial charge in [0.15, 0.2) is 5.78 Å². The molecule has 2 N–H and O–H groups in total. The molecule has 0 aliphatic heterocycles. The predicted molar refractivity (Wildman–Crippen MR) is 92.7 cm³/mol. The molecule has 2 aromatic heterocycles. The second-order valence-electron chi connectivity index (χ2n) is 5.40. The second-order valence-corrected chi connectivity index (χ2v) is 6.47. The largest absolute Gasteiger partial charge is 0.494 e. The van der Waals surface area contributed by atoms with Crippen molar-refractivity contribution in [2.24, 2.45) is 0 Å². The lowest BCUT2D eigenvalue weighted by Crippen LogP contribution is -2.02. The average molecular weight is 340 g/mol. The van der Waals surface area contributed by atoms with Gasteiger partial charge in [-0.25, -0.2) is 0 Å². The van der Waals surface area contributed by atoms with Crippen LogP contribution in [-0.2, 0) is 12.8 Å². The van der Waals surface area contributed by atoms with E-state index in [0.29, 0.717) is 29.7 Å². The molecule has 2 heterocycles. The average Bonchev–Trinajstić information content (AvgIpc) is 2.91. The molecule has 1 aromatic carbocycles. The minimum absolute atomic E-state index is 0.0707. The number of carbonyl (C=O) groups excluding carboxylic acids is 1. The molecular formula is C18H16N2O3S. The topological polar surface area (TPSA) is 83.0 Å². The Morgan fingerprint density at radius 1 is 1.17 bits per heavy atom. The van der Waals surface area contributed by atoms with E-state index in [1.54, 1.807) is 18.3 Å². The molecule has 6 heteroatoms. The molecule has 0 unspecified atom stereocenters. The summed E-state index contributed by atoms with van der Waals surface area (Å²) in [4.78, 5) is 30.3.